The molecule has 0 bridgehead atoms. The van der Waals surface area contributed by atoms with Crippen LogP contribution in [-0.2, 0) is 9.53 Å². The number of urea groups is 1. The van der Waals surface area contributed by atoms with Crippen LogP contribution in [0.2, 0.25) is 0 Å². The largest absolute Gasteiger partial charge is 0.465 e. The lowest BCUT2D eigenvalue weighted by molar-refractivity contribution is -0.120. The number of hydrogen-bond donors (Lipinski definition) is 3. The number of nitrogens with two attached hydrogens (primary N) is 1. The van der Waals surface area contributed by atoms with Gasteiger partial charge in [-0.05, 0) is 31.5 Å². The fourth-order valence-electron chi connectivity index (χ4n) is 1.55. The molecular formula is C13H17N3O4. The maximum absolute atomic E-state index is 11.6. The van der Waals surface area contributed by atoms with Crippen molar-refractivity contribution in [3.05, 3.63) is 29.3 Å². The molecule has 4 N–H and O–H groups in total. The van der Waals surface area contributed by atoms with Gasteiger partial charge in [-0.2, -0.15) is 0 Å². The van der Waals surface area contributed by atoms with Crippen LogP contribution in [0.4, 0.5) is 10.5 Å². The molecule has 1 aromatic carbocycles. The number of carbonyl (C=O) groups excluding carboxylic acids is 3. The molecule has 3 amide bonds. The van der Waals surface area contributed by atoms with E-state index < -0.39 is 23.9 Å². The van der Waals surface area contributed by atoms with Gasteiger partial charge in [-0.25, -0.2) is 9.59 Å². The summed E-state index contributed by atoms with van der Waals surface area (Å²) in [5, 5.41) is 4.88. The van der Waals surface area contributed by atoms with Crippen LogP contribution in [0.15, 0.2) is 18.2 Å². The van der Waals surface area contributed by atoms with Crippen molar-refractivity contribution in [2.45, 2.75) is 19.9 Å². The van der Waals surface area contributed by atoms with Crippen molar-refractivity contribution in [1.82, 2.24) is 5.32 Å². The van der Waals surface area contributed by atoms with Gasteiger partial charge in [0.1, 0.15) is 6.04 Å². The Morgan fingerprint density at radius 2 is 1.95 bits per heavy atom. The molecule has 1 rings (SSSR count). The third-order valence-electron chi connectivity index (χ3n) is 2.67. The zero-order chi connectivity index (χ0) is 15.3. The van der Waals surface area contributed by atoms with Gasteiger partial charge in [0, 0.05) is 5.69 Å². The first-order chi connectivity index (χ1) is 9.35. The van der Waals surface area contributed by atoms with Gasteiger partial charge < -0.3 is 15.8 Å². The van der Waals surface area contributed by atoms with E-state index in [0.29, 0.717) is 11.3 Å². The number of rotatable bonds is 4. The highest BCUT2D eigenvalue weighted by Crippen LogP contribution is 2.18. The summed E-state index contributed by atoms with van der Waals surface area (Å²) in [6, 6.07) is 3.33. The number of imide groups is 1. The van der Waals surface area contributed by atoms with E-state index in [-0.39, 0.29) is 0 Å². The Hall–Kier alpha value is -2.57. The van der Waals surface area contributed by atoms with Crippen molar-refractivity contribution >= 4 is 23.6 Å². The Morgan fingerprint density at radius 3 is 2.50 bits per heavy atom. The van der Waals surface area contributed by atoms with Crippen molar-refractivity contribution in [2.24, 2.45) is 5.73 Å². The lowest BCUT2D eigenvalue weighted by atomic mass is 10.1. The number of ether oxygens (including phenoxy) is 1. The maximum Gasteiger partial charge on any atom is 0.337 e. The lowest BCUT2D eigenvalue weighted by Gasteiger charge is -2.16. The summed E-state index contributed by atoms with van der Waals surface area (Å²) in [5.41, 5.74) is 6.68. The number of anilines is 1. The molecule has 0 unspecified atom stereocenters. The average molecular weight is 279 g/mol. The predicted octanol–water partition coefficient (Wildman–Crippen LogP) is 0.777. The highest BCUT2D eigenvalue weighted by atomic mass is 16.5. The van der Waals surface area contributed by atoms with Gasteiger partial charge in [0.05, 0.1) is 12.7 Å². The number of amides is 3. The van der Waals surface area contributed by atoms with Gasteiger partial charge in [0.2, 0.25) is 5.91 Å². The van der Waals surface area contributed by atoms with Crippen molar-refractivity contribution in [1.29, 1.82) is 0 Å². The van der Waals surface area contributed by atoms with E-state index in [1.807, 2.05) is 12.2 Å². The SMILES string of the molecule is COC(=O)c1ccc(C)c(N[C@@H](C)C(=O)NC(N)=O)c1. The summed E-state index contributed by atoms with van der Waals surface area (Å²) in [6.07, 6.45) is 0. The van der Waals surface area contributed by atoms with Crippen LogP contribution in [0.5, 0.6) is 0 Å². The molecule has 0 heterocycles. The number of hydrogen-bond acceptors (Lipinski definition) is 5. The van der Waals surface area contributed by atoms with Crippen LogP contribution >= 0.6 is 0 Å². The topological polar surface area (TPSA) is 111 Å². The molecule has 1 atom stereocenters. The molecule has 20 heavy (non-hydrogen) atoms. The number of carbonyl (C=O) groups is 3. The highest BCUT2D eigenvalue weighted by molar-refractivity contribution is 5.97. The van der Waals surface area contributed by atoms with Crippen LogP contribution in [0.1, 0.15) is 22.8 Å². The van der Waals surface area contributed by atoms with Crippen LogP contribution < -0.4 is 16.4 Å². The zero-order valence-electron chi connectivity index (χ0n) is 11.5. The quantitative estimate of drug-likeness (QED) is 0.705. The van der Waals surface area contributed by atoms with Crippen LogP contribution in [0.3, 0.4) is 0 Å². The Morgan fingerprint density at radius 1 is 1.30 bits per heavy atom. The highest BCUT2D eigenvalue weighted by Gasteiger charge is 2.16. The standard InChI is InChI=1S/C13H17N3O4/c1-7-4-5-9(12(18)20-3)6-10(7)15-8(2)11(17)16-13(14)19/h4-6,8,15H,1-3H3,(H3,14,16,17,19)/t8-/m0/s1. The van der Waals surface area contributed by atoms with Crippen molar-refractivity contribution in [3.8, 4) is 0 Å². The molecule has 0 aliphatic rings. The second-order valence-electron chi connectivity index (χ2n) is 4.24. The van der Waals surface area contributed by atoms with Gasteiger partial charge >= 0.3 is 12.0 Å². The molecule has 108 valence electrons. The molecule has 0 aliphatic heterocycles. The number of nitrogens with one attached hydrogen (secondary N) is 2. The molecule has 0 spiro atoms. The molecule has 0 fully saturated rings. The second-order valence-corrected chi connectivity index (χ2v) is 4.24. The predicted molar refractivity (Wildman–Crippen MR) is 73.3 cm³/mol. The van der Waals surface area contributed by atoms with E-state index in [4.69, 9.17) is 5.73 Å². The van der Waals surface area contributed by atoms with Gasteiger partial charge in [0.15, 0.2) is 0 Å². The molecule has 7 heteroatoms. The van der Waals surface area contributed by atoms with E-state index in [2.05, 4.69) is 10.1 Å². The Bertz CT molecular complexity index is 542. The normalized spacial score (nSPS) is 11.3. The number of benzene rings is 1. The summed E-state index contributed by atoms with van der Waals surface area (Å²) in [6.45, 7) is 3.39. The number of primary amides is 1. The van der Waals surface area contributed by atoms with Gasteiger partial charge in [0.25, 0.3) is 0 Å². The van der Waals surface area contributed by atoms with E-state index in [0.717, 1.165) is 5.56 Å². The molecule has 0 radical (unpaired) electrons. The monoisotopic (exact) mass is 279 g/mol. The third kappa shape index (κ3) is 3.98. The van der Waals surface area contributed by atoms with E-state index in [1.165, 1.54) is 7.11 Å². The summed E-state index contributed by atoms with van der Waals surface area (Å²) in [4.78, 5) is 33.6. The van der Waals surface area contributed by atoms with Gasteiger partial charge in [-0.3, -0.25) is 10.1 Å². The first-order valence-corrected chi connectivity index (χ1v) is 5.91. The first kappa shape index (κ1) is 15.5. The molecule has 0 saturated carbocycles. The summed E-state index contributed by atoms with van der Waals surface area (Å²) < 4.78 is 4.63. The number of esters is 1. The molecule has 0 aromatic heterocycles. The smallest absolute Gasteiger partial charge is 0.337 e. The minimum atomic E-state index is -0.913. The van der Waals surface area contributed by atoms with E-state index in [9.17, 15) is 14.4 Å². The molecule has 0 aliphatic carbocycles. The average Bonchev–Trinajstić information content (AvgIpc) is 2.39. The second kappa shape index (κ2) is 6.55. The molecule has 1 aromatic rings. The minimum absolute atomic E-state index is 0.364. The first-order valence-electron chi connectivity index (χ1n) is 5.91. The fourth-order valence-corrected chi connectivity index (χ4v) is 1.55. The van der Waals surface area contributed by atoms with Crippen molar-refractivity contribution < 1.29 is 19.1 Å². The lowest BCUT2D eigenvalue weighted by Crippen LogP contribution is -2.43. The maximum atomic E-state index is 11.6. The number of methoxy groups -OCH3 is 1. The Kier molecular flexibility index (Phi) is 5.08. The minimum Gasteiger partial charge on any atom is -0.465 e. The molecular weight excluding hydrogens is 262 g/mol. The zero-order valence-corrected chi connectivity index (χ0v) is 11.5. The van der Waals surface area contributed by atoms with Crippen LogP contribution in [0, 0.1) is 6.92 Å². The van der Waals surface area contributed by atoms with Gasteiger partial charge in [-0.15, -0.1) is 0 Å². The Labute approximate surface area is 116 Å². The number of aryl methyl sites for hydroxylation is 1. The fraction of sp³-hybridized carbons (Fsp3) is 0.308. The molecule has 7 nitrogen and oxygen atoms in total. The van der Waals surface area contributed by atoms with Crippen LogP contribution in [-0.4, -0.2) is 31.1 Å². The van der Waals surface area contributed by atoms with E-state index >= 15 is 0 Å². The van der Waals surface area contributed by atoms with Crippen molar-refractivity contribution in [2.75, 3.05) is 12.4 Å². The summed E-state index contributed by atoms with van der Waals surface area (Å²) in [7, 11) is 1.29. The van der Waals surface area contributed by atoms with E-state index in [1.54, 1.807) is 25.1 Å². The van der Waals surface area contributed by atoms with Crippen LogP contribution in [0.25, 0.3) is 0 Å². The summed E-state index contributed by atoms with van der Waals surface area (Å²) in [5.74, 6) is -1.03. The van der Waals surface area contributed by atoms with Gasteiger partial charge in [-0.1, -0.05) is 6.07 Å². The Balaban J connectivity index is 2.88. The summed E-state index contributed by atoms with van der Waals surface area (Å²) >= 11 is 0. The third-order valence-corrected chi connectivity index (χ3v) is 2.67. The molecule has 0 saturated heterocycles. The van der Waals surface area contributed by atoms with Crippen molar-refractivity contribution in [3.63, 3.8) is 0 Å².